The summed E-state index contributed by atoms with van der Waals surface area (Å²) in [6.45, 7) is 4.03. The van der Waals surface area contributed by atoms with Gasteiger partial charge in [-0.2, -0.15) is 0 Å². The number of aliphatic hydroxyl groups excluding tert-OH is 1. The van der Waals surface area contributed by atoms with E-state index in [0.717, 1.165) is 24.8 Å². The molecule has 2 rings (SSSR count). The van der Waals surface area contributed by atoms with Gasteiger partial charge in [-0.3, -0.25) is 4.79 Å². The van der Waals surface area contributed by atoms with Gasteiger partial charge in [0, 0.05) is 12.5 Å². The highest BCUT2D eigenvalue weighted by Crippen LogP contribution is 2.30. The summed E-state index contributed by atoms with van der Waals surface area (Å²) in [6.07, 6.45) is 6.84. The Hall–Kier alpha value is -1.84. The Morgan fingerprint density at radius 1 is 1.39 bits per heavy atom. The minimum absolute atomic E-state index is 0.117. The van der Waals surface area contributed by atoms with E-state index in [1.165, 1.54) is 6.07 Å². The van der Waals surface area contributed by atoms with Crippen molar-refractivity contribution < 1.29 is 14.3 Å². The number of carbonyl (C=O) groups excluding carboxylic acids is 1. The van der Waals surface area contributed by atoms with Crippen LogP contribution in [0, 0.1) is 11.7 Å². The van der Waals surface area contributed by atoms with Gasteiger partial charge >= 0.3 is 0 Å². The molecular weight excluding hydrogens is 293 g/mol. The van der Waals surface area contributed by atoms with Crippen molar-refractivity contribution in [3.05, 3.63) is 47.0 Å². The van der Waals surface area contributed by atoms with Gasteiger partial charge in [0.25, 0.3) is 5.91 Å². The summed E-state index contributed by atoms with van der Waals surface area (Å²) in [5.74, 6) is 0.246. The molecular formula is C19H26FNO2. The van der Waals surface area contributed by atoms with E-state index in [9.17, 15) is 14.3 Å². The summed E-state index contributed by atoms with van der Waals surface area (Å²) in [7, 11) is 0. The number of hydrogen-bond donors (Lipinski definition) is 2. The van der Waals surface area contributed by atoms with Crippen molar-refractivity contribution in [2.45, 2.75) is 58.4 Å². The highest BCUT2D eigenvalue weighted by molar-refractivity contribution is 5.94. The molecule has 126 valence electrons. The van der Waals surface area contributed by atoms with E-state index in [0.29, 0.717) is 30.9 Å². The first-order valence-electron chi connectivity index (χ1n) is 8.50. The van der Waals surface area contributed by atoms with Crippen LogP contribution in [0.15, 0.2) is 30.0 Å². The topological polar surface area (TPSA) is 49.3 Å². The van der Waals surface area contributed by atoms with Gasteiger partial charge in [-0.15, -0.1) is 0 Å². The lowest BCUT2D eigenvalue weighted by molar-refractivity contribution is 0.0883. The second-order valence-electron chi connectivity index (χ2n) is 6.32. The van der Waals surface area contributed by atoms with Crippen LogP contribution in [0.1, 0.15) is 61.9 Å². The Balaban J connectivity index is 1.95. The summed E-state index contributed by atoms with van der Waals surface area (Å²) in [6, 6.07) is 4.85. The molecule has 0 heterocycles. The first-order valence-corrected chi connectivity index (χ1v) is 8.50. The fourth-order valence-corrected chi connectivity index (χ4v) is 2.90. The Morgan fingerprint density at radius 2 is 2.13 bits per heavy atom. The van der Waals surface area contributed by atoms with Crippen molar-refractivity contribution in [3.8, 4) is 0 Å². The van der Waals surface area contributed by atoms with Crippen molar-refractivity contribution in [2.24, 2.45) is 5.92 Å². The third-order valence-electron chi connectivity index (χ3n) is 4.60. The van der Waals surface area contributed by atoms with Gasteiger partial charge in [0.15, 0.2) is 0 Å². The van der Waals surface area contributed by atoms with Crippen LogP contribution < -0.4 is 5.32 Å². The molecule has 0 aromatic heterocycles. The van der Waals surface area contributed by atoms with Gasteiger partial charge in [0.1, 0.15) is 5.82 Å². The largest absolute Gasteiger partial charge is 0.513 e. The van der Waals surface area contributed by atoms with Gasteiger partial charge < -0.3 is 10.4 Å². The molecule has 1 aliphatic rings. The highest BCUT2D eigenvalue weighted by atomic mass is 19.1. The zero-order valence-corrected chi connectivity index (χ0v) is 13.9. The molecule has 0 aliphatic heterocycles. The van der Waals surface area contributed by atoms with Crippen LogP contribution >= 0.6 is 0 Å². The van der Waals surface area contributed by atoms with Crippen molar-refractivity contribution in [3.63, 3.8) is 0 Å². The number of halogens is 1. The lowest BCUT2D eigenvalue weighted by Crippen LogP contribution is -2.44. The Labute approximate surface area is 137 Å². The second-order valence-corrected chi connectivity index (χ2v) is 6.32. The minimum atomic E-state index is -0.482. The molecule has 0 radical (unpaired) electrons. The summed E-state index contributed by atoms with van der Waals surface area (Å²) in [4.78, 5) is 12.2. The van der Waals surface area contributed by atoms with E-state index in [-0.39, 0.29) is 17.5 Å². The quantitative estimate of drug-likeness (QED) is 0.726. The maximum absolute atomic E-state index is 13.9. The number of hydrogen-bond acceptors (Lipinski definition) is 2. The zero-order valence-electron chi connectivity index (χ0n) is 13.9. The molecule has 1 aromatic rings. The van der Waals surface area contributed by atoms with Crippen LogP contribution in [-0.2, 0) is 6.42 Å². The third kappa shape index (κ3) is 4.81. The van der Waals surface area contributed by atoms with Crippen LogP contribution in [0.5, 0.6) is 0 Å². The number of aryl methyl sites for hydroxylation is 1. The fourth-order valence-electron chi connectivity index (χ4n) is 2.90. The predicted octanol–water partition coefficient (Wildman–Crippen LogP) is 4.53. The molecule has 1 aromatic carbocycles. The van der Waals surface area contributed by atoms with Crippen LogP contribution in [0.2, 0.25) is 0 Å². The molecule has 4 heteroatoms. The third-order valence-corrected chi connectivity index (χ3v) is 4.60. The molecule has 0 spiro atoms. The second kappa shape index (κ2) is 8.14. The molecule has 1 aliphatic carbocycles. The molecule has 0 unspecified atom stereocenters. The van der Waals surface area contributed by atoms with Crippen LogP contribution in [0.25, 0.3) is 0 Å². The number of carbonyl (C=O) groups is 1. The monoisotopic (exact) mass is 319 g/mol. The SMILES string of the molecule is CC/C(O)=C\CCc1ccc(F)c(C(=O)NC2CC(CC)C2)c1. The van der Waals surface area contributed by atoms with Gasteiger partial charge in [-0.25, -0.2) is 4.39 Å². The highest BCUT2D eigenvalue weighted by Gasteiger charge is 2.29. The van der Waals surface area contributed by atoms with Gasteiger partial charge in [0.2, 0.25) is 0 Å². The molecule has 0 atom stereocenters. The minimum Gasteiger partial charge on any atom is -0.513 e. The molecule has 1 fully saturated rings. The normalized spacial score (nSPS) is 20.9. The number of allylic oxidation sites excluding steroid dienone is 2. The van der Waals surface area contributed by atoms with E-state index >= 15 is 0 Å². The standard InChI is InChI=1S/C19H26FNO2/c1-3-13-10-15(11-13)21-19(23)17-12-14(8-9-18(17)20)6-5-7-16(22)4-2/h7-9,12-13,15,22H,3-6,10-11H2,1-2H3,(H,21,23)/b16-7+. The zero-order chi connectivity index (χ0) is 16.8. The van der Waals surface area contributed by atoms with E-state index in [1.807, 2.05) is 6.92 Å². The predicted molar refractivity (Wildman–Crippen MR) is 90.0 cm³/mol. The summed E-state index contributed by atoms with van der Waals surface area (Å²) in [5.41, 5.74) is 1.02. The van der Waals surface area contributed by atoms with E-state index < -0.39 is 5.82 Å². The van der Waals surface area contributed by atoms with Crippen LogP contribution in [-0.4, -0.2) is 17.1 Å². The van der Waals surface area contributed by atoms with Crippen molar-refractivity contribution in [1.82, 2.24) is 5.32 Å². The molecule has 23 heavy (non-hydrogen) atoms. The lowest BCUT2D eigenvalue weighted by Gasteiger charge is -2.35. The molecule has 3 nitrogen and oxygen atoms in total. The van der Waals surface area contributed by atoms with Crippen molar-refractivity contribution in [1.29, 1.82) is 0 Å². The Kier molecular flexibility index (Phi) is 6.20. The molecule has 0 saturated heterocycles. The average molecular weight is 319 g/mol. The van der Waals surface area contributed by atoms with Gasteiger partial charge in [-0.1, -0.05) is 26.3 Å². The Bertz CT molecular complexity index is 577. The first kappa shape index (κ1) is 17.5. The number of rotatable bonds is 7. The first-order chi connectivity index (χ1) is 11.0. The van der Waals surface area contributed by atoms with Crippen molar-refractivity contribution in [2.75, 3.05) is 0 Å². The molecule has 2 N–H and O–H groups in total. The van der Waals surface area contributed by atoms with Gasteiger partial charge in [0.05, 0.1) is 11.3 Å². The smallest absolute Gasteiger partial charge is 0.254 e. The van der Waals surface area contributed by atoms with Gasteiger partial charge in [-0.05, 0) is 55.4 Å². The number of nitrogens with one attached hydrogen (secondary N) is 1. The maximum atomic E-state index is 13.9. The number of benzene rings is 1. The number of aliphatic hydroxyl groups is 1. The molecule has 1 amide bonds. The summed E-state index contributed by atoms with van der Waals surface area (Å²) in [5, 5.41) is 12.4. The van der Waals surface area contributed by atoms with Crippen molar-refractivity contribution >= 4 is 5.91 Å². The average Bonchev–Trinajstić information content (AvgIpc) is 2.51. The van der Waals surface area contributed by atoms with E-state index in [1.54, 1.807) is 18.2 Å². The molecule has 0 bridgehead atoms. The summed E-state index contributed by atoms with van der Waals surface area (Å²) >= 11 is 0. The number of amides is 1. The fraction of sp³-hybridized carbons (Fsp3) is 0.526. The van der Waals surface area contributed by atoms with E-state index in [2.05, 4.69) is 12.2 Å². The van der Waals surface area contributed by atoms with E-state index in [4.69, 9.17) is 0 Å². The summed E-state index contributed by atoms with van der Waals surface area (Å²) < 4.78 is 13.9. The Morgan fingerprint density at radius 3 is 2.78 bits per heavy atom. The maximum Gasteiger partial charge on any atom is 0.254 e. The molecule has 1 saturated carbocycles. The van der Waals surface area contributed by atoms with Crippen LogP contribution in [0.4, 0.5) is 4.39 Å². The lowest BCUT2D eigenvalue weighted by atomic mass is 9.78. The van der Waals surface area contributed by atoms with Crippen LogP contribution in [0.3, 0.4) is 0 Å².